The molecule has 0 spiro atoms. The number of ether oxygens (including phenoxy) is 1. The summed E-state index contributed by atoms with van der Waals surface area (Å²) >= 11 is 0. The molecule has 0 aliphatic carbocycles. The van der Waals surface area contributed by atoms with Gasteiger partial charge in [0.15, 0.2) is 11.5 Å². The first-order chi connectivity index (χ1) is 19.6. The highest BCUT2D eigenvalue weighted by Gasteiger charge is 2.29. The standard InChI is InChI=1S/C31H40N4O6/c1-2-4-23(36)12-25(38)13-24(37)8-7-20-11-30(29(40)14-28(20)39)41-18-35-16-26-22(15-34-27(26)17-35)10-19-5-3-6-21(9-19)31(32)33/h3,5-6,9,11,14-15,17,23,25,31,36,38-40H,2,4,7-8,10,12-13,16,18,32-33H2,1H3/p+1/t23-,25+/m0/s1. The lowest BCUT2D eigenvalue weighted by Crippen LogP contribution is -3.07. The smallest absolute Gasteiger partial charge is 0.227 e. The van der Waals surface area contributed by atoms with Crippen LogP contribution in [0.5, 0.6) is 17.2 Å². The average Bonchev–Trinajstić information content (AvgIpc) is 3.49. The zero-order valence-electron chi connectivity index (χ0n) is 23.4. The summed E-state index contributed by atoms with van der Waals surface area (Å²) in [5.41, 5.74) is 17.3. The molecule has 4 rings (SSSR count). The number of carbonyl (C=O) groups excluding carboxylic acids is 1. The molecule has 9 N–H and O–H groups in total. The third-order valence-corrected chi connectivity index (χ3v) is 7.41. The Morgan fingerprint density at radius 2 is 1.93 bits per heavy atom. The van der Waals surface area contributed by atoms with Crippen LogP contribution in [0.4, 0.5) is 0 Å². The Kier molecular flexibility index (Phi) is 10.3. The van der Waals surface area contributed by atoms with Crippen LogP contribution in [-0.2, 0) is 17.6 Å². The van der Waals surface area contributed by atoms with Crippen molar-refractivity contribution >= 4 is 12.0 Å². The van der Waals surface area contributed by atoms with E-state index in [-0.39, 0.29) is 55.4 Å². The van der Waals surface area contributed by atoms with Gasteiger partial charge in [-0.15, -0.1) is 0 Å². The molecule has 0 bridgehead atoms. The van der Waals surface area contributed by atoms with Crippen molar-refractivity contribution < 1.29 is 34.9 Å². The number of Topliss-reactive ketones (excluding diaryl/α,β-unsaturated/α-hetero) is 1. The van der Waals surface area contributed by atoms with Gasteiger partial charge in [-0.05, 0) is 54.0 Å². The average molecular weight is 566 g/mol. The number of benzene rings is 2. The summed E-state index contributed by atoms with van der Waals surface area (Å²) in [5.74, 6) is -0.280. The van der Waals surface area contributed by atoms with E-state index in [1.807, 2.05) is 43.6 Å². The van der Waals surface area contributed by atoms with Crippen molar-refractivity contribution in [2.75, 3.05) is 13.3 Å². The van der Waals surface area contributed by atoms with Gasteiger partial charge in [0, 0.05) is 30.7 Å². The van der Waals surface area contributed by atoms with E-state index >= 15 is 0 Å². The predicted molar refractivity (Wildman–Crippen MR) is 155 cm³/mol. The molecule has 0 saturated carbocycles. The molecule has 0 aromatic heterocycles. The van der Waals surface area contributed by atoms with Crippen LogP contribution in [0.2, 0.25) is 0 Å². The molecule has 2 aliphatic heterocycles. The third kappa shape index (κ3) is 8.25. The number of aromatic hydroxyl groups is 2. The highest BCUT2D eigenvalue weighted by Crippen LogP contribution is 2.34. The Labute approximate surface area is 240 Å². The molecular weight excluding hydrogens is 524 g/mol. The summed E-state index contributed by atoms with van der Waals surface area (Å²) in [7, 11) is 0. The van der Waals surface area contributed by atoms with E-state index in [0.717, 1.165) is 39.3 Å². The maximum absolute atomic E-state index is 12.4. The molecule has 220 valence electrons. The number of nitrogens with one attached hydrogen (secondary N) is 1. The highest BCUT2D eigenvalue weighted by atomic mass is 16.5. The zero-order chi connectivity index (χ0) is 29.5. The van der Waals surface area contributed by atoms with Crippen LogP contribution < -0.4 is 21.1 Å². The summed E-state index contributed by atoms with van der Waals surface area (Å²) in [4.78, 5) is 17.9. The number of quaternary nitrogens is 1. The second-order valence-electron chi connectivity index (χ2n) is 10.9. The van der Waals surface area contributed by atoms with Crippen molar-refractivity contribution in [2.24, 2.45) is 16.5 Å². The minimum atomic E-state index is -0.900. The van der Waals surface area contributed by atoms with E-state index in [2.05, 4.69) is 4.99 Å². The number of nitrogens with zero attached hydrogens (tertiary/aromatic N) is 1. The Balaban J connectivity index is 1.32. The van der Waals surface area contributed by atoms with Crippen LogP contribution in [0, 0.1) is 0 Å². The number of fused-ring (bicyclic) bond motifs is 1. The Morgan fingerprint density at radius 3 is 2.68 bits per heavy atom. The lowest BCUT2D eigenvalue weighted by atomic mass is 9.99. The molecular formula is C31H41N4O6+. The molecule has 3 atom stereocenters. The van der Waals surface area contributed by atoms with E-state index in [0.29, 0.717) is 24.9 Å². The maximum Gasteiger partial charge on any atom is 0.227 e. The fourth-order valence-electron chi connectivity index (χ4n) is 5.22. The number of aliphatic hydroxyl groups excluding tert-OH is 2. The Hall–Kier alpha value is -3.54. The van der Waals surface area contributed by atoms with Gasteiger partial charge < -0.3 is 36.6 Å². The predicted octanol–water partition coefficient (Wildman–Crippen LogP) is 1.52. The largest absolute Gasteiger partial charge is 0.508 e. The number of aliphatic hydroxyl groups is 2. The van der Waals surface area contributed by atoms with Crippen LogP contribution in [0.25, 0.3) is 0 Å². The van der Waals surface area contributed by atoms with E-state index in [9.17, 15) is 25.2 Å². The summed E-state index contributed by atoms with van der Waals surface area (Å²) < 4.78 is 5.92. The lowest BCUT2D eigenvalue weighted by molar-refractivity contribution is -0.855. The summed E-state index contributed by atoms with van der Waals surface area (Å²) in [6.07, 6.45) is 4.37. The Morgan fingerprint density at radius 1 is 1.12 bits per heavy atom. The first kappa shape index (κ1) is 30.4. The molecule has 2 aliphatic rings. The van der Waals surface area contributed by atoms with Crippen LogP contribution in [0.1, 0.15) is 61.9 Å². The number of hydrogen-bond acceptors (Lipinski definition) is 9. The molecule has 2 aromatic rings. The van der Waals surface area contributed by atoms with E-state index < -0.39 is 18.4 Å². The number of phenolic OH excluding ortho intramolecular Hbond substituents is 2. The van der Waals surface area contributed by atoms with E-state index in [1.165, 1.54) is 6.07 Å². The van der Waals surface area contributed by atoms with Crippen molar-refractivity contribution in [3.8, 4) is 17.2 Å². The van der Waals surface area contributed by atoms with Gasteiger partial charge in [-0.1, -0.05) is 37.6 Å². The van der Waals surface area contributed by atoms with Gasteiger partial charge >= 0.3 is 0 Å². The number of aryl methyl sites for hydroxylation is 1. The first-order valence-electron chi connectivity index (χ1n) is 14.1. The molecule has 10 nitrogen and oxygen atoms in total. The SMILES string of the molecule is CCC[C@H](O)C[C@@H](O)CC(=O)CCc1cc(OC[NH+]2C=C3N=CC(Cc4cccc(C(N)N)c4)=C3C2)c(O)cc1O. The van der Waals surface area contributed by atoms with Crippen molar-refractivity contribution in [3.63, 3.8) is 0 Å². The number of nitrogens with two attached hydrogens (primary N) is 2. The van der Waals surface area contributed by atoms with Gasteiger partial charge in [-0.25, -0.2) is 0 Å². The molecule has 0 amide bonds. The van der Waals surface area contributed by atoms with Crippen molar-refractivity contribution in [1.29, 1.82) is 0 Å². The van der Waals surface area contributed by atoms with E-state index in [1.54, 1.807) is 6.07 Å². The molecule has 0 fully saturated rings. The van der Waals surface area contributed by atoms with Crippen molar-refractivity contribution in [3.05, 3.63) is 76.1 Å². The highest BCUT2D eigenvalue weighted by molar-refractivity contribution is 5.87. The second-order valence-corrected chi connectivity index (χ2v) is 10.9. The van der Waals surface area contributed by atoms with Crippen LogP contribution >= 0.6 is 0 Å². The fourth-order valence-corrected chi connectivity index (χ4v) is 5.22. The Bertz CT molecular complexity index is 1340. The lowest BCUT2D eigenvalue weighted by Gasteiger charge is -2.15. The number of rotatable bonds is 15. The number of carbonyl (C=O) groups is 1. The van der Waals surface area contributed by atoms with Gasteiger partial charge in [0.1, 0.15) is 30.0 Å². The van der Waals surface area contributed by atoms with Crippen LogP contribution in [0.3, 0.4) is 0 Å². The number of allylic oxidation sites excluding steroid dienone is 1. The number of aliphatic imine (C=N–C) groups is 1. The van der Waals surface area contributed by atoms with Gasteiger partial charge in [0.25, 0.3) is 0 Å². The maximum atomic E-state index is 12.4. The number of phenols is 2. The minimum Gasteiger partial charge on any atom is -0.508 e. The second kappa shape index (κ2) is 13.9. The van der Waals surface area contributed by atoms with Gasteiger partial charge in [-0.2, -0.15) is 0 Å². The van der Waals surface area contributed by atoms with Gasteiger partial charge in [0.05, 0.1) is 18.4 Å². The quantitative estimate of drug-likeness (QED) is 0.159. The molecule has 1 unspecified atom stereocenters. The molecule has 2 aromatic carbocycles. The summed E-state index contributed by atoms with van der Waals surface area (Å²) in [6.45, 7) is 2.86. The molecule has 0 saturated heterocycles. The van der Waals surface area contributed by atoms with Gasteiger partial charge in [0.2, 0.25) is 6.73 Å². The normalized spacial score (nSPS) is 17.6. The first-order valence-corrected chi connectivity index (χ1v) is 14.1. The molecule has 41 heavy (non-hydrogen) atoms. The van der Waals surface area contributed by atoms with Crippen molar-refractivity contribution in [1.82, 2.24) is 0 Å². The summed E-state index contributed by atoms with van der Waals surface area (Å²) in [5, 5.41) is 40.6. The van der Waals surface area contributed by atoms with Crippen LogP contribution in [-0.4, -0.2) is 57.9 Å². The number of ketones is 1. The fraction of sp³-hybridized carbons (Fsp3) is 0.419. The topological polar surface area (TPSA) is 176 Å². The monoisotopic (exact) mass is 565 g/mol. The molecule has 0 radical (unpaired) electrons. The zero-order valence-corrected chi connectivity index (χ0v) is 23.4. The third-order valence-electron chi connectivity index (χ3n) is 7.41. The van der Waals surface area contributed by atoms with Crippen LogP contribution in [0.15, 0.2) is 64.4 Å². The van der Waals surface area contributed by atoms with E-state index in [4.69, 9.17) is 16.2 Å². The molecule has 2 heterocycles. The molecule has 10 heteroatoms. The number of hydrogen-bond donors (Lipinski definition) is 7. The minimum absolute atomic E-state index is 0.0533. The van der Waals surface area contributed by atoms with Gasteiger partial charge in [-0.3, -0.25) is 14.7 Å². The van der Waals surface area contributed by atoms with Crippen molar-refractivity contribution in [2.45, 2.75) is 70.2 Å². The summed E-state index contributed by atoms with van der Waals surface area (Å²) in [6, 6.07) is 10.7.